The summed E-state index contributed by atoms with van der Waals surface area (Å²) in [4.78, 5) is 21.0. The SMILES string of the molecule is CC(C)CN1CCC[C@H]1c1cccnc1N(C)C(=O)OC(C)(C)C. The van der Waals surface area contributed by atoms with E-state index in [9.17, 15) is 4.79 Å². The van der Waals surface area contributed by atoms with E-state index in [0.717, 1.165) is 25.1 Å². The summed E-state index contributed by atoms with van der Waals surface area (Å²) in [6.07, 6.45) is 3.66. The number of anilines is 1. The lowest BCUT2D eigenvalue weighted by molar-refractivity contribution is 0.0587. The summed E-state index contributed by atoms with van der Waals surface area (Å²) in [5.74, 6) is 1.32. The monoisotopic (exact) mass is 333 g/mol. The number of nitrogens with zero attached hydrogens (tertiary/aromatic N) is 3. The molecular weight excluding hydrogens is 302 g/mol. The van der Waals surface area contributed by atoms with Gasteiger partial charge in [0.25, 0.3) is 0 Å². The molecule has 1 aromatic heterocycles. The van der Waals surface area contributed by atoms with Gasteiger partial charge >= 0.3 is 6.09 Å². The van der Waals surface area contributed by atoms with Crippen molar-refractivity contribution in [3.8, 4) is 0 Å². The fraction of sp³-hybridized carbons (Fsp3) is 0.684. The molecule has 0 aliphatic carbocycles. The van der Waals surface area contributed by atoms with E-state index in [0.29, 0.717) is 17.8 Å². The highest BCUT2D eigenvalue weighted by atomic mass is 16.6. The summed E-state index contributed by atoms with van der Waals surface area (Å²) in [7, 11) is 1.74. The van der Waals surface area contributed by atoms with Crippen LogP contribution >= 0.6 is 0 Å². The Morgan fingerprint density at radius 2 is 2.17 bits per heavy atom. The van der Waals surface area contributed by atoms with Crippen molar-refractivity contribution in [2.75, 3.05) is 25.0 Å². The molecule has 1 fully saturated rings. The van der Waals surface area contributed by atoms with Crippen LogP contribution < -0.4 is 4.90 Å². The van der Waals surface area contributed by atoms with E-state index in [2.05, 4.69) is 29.8 Å². The zero-order chi connectivity index (χ0) is 17.9. The Hall–Kier alpha value is -1.62. The largest absolute Gasteiger partial charge is 0.443 e. The molecule has 2 rings (SSSR count). The van der Waals surface area contributed by atoms with Crippen LogP contribution in [0.4, 0.5) is 10.6 Å². The van der Waals surface area contributed by atoms with E-state index in [1.165, 1.54) is 11.3 Å². The summed E-state index contributed by atoms with van der Waals surface area (Å²) in [5.41, 5.74) is 0.598. The number of carbonyl (C=O) groups excluding carboxylic acids is 1. The van der Waals surface area contributed by atoms with E-state index >= 15 is 0 Å². The molecule has 24 heavy (non-hydrogen) atoms. The van der Waals surface area contributed by atoms with Gasteiger partial charge in [0.05, 0.1) is 0 Å². The van der Waals surface area contributed by atoms with Gasteiger partial charge in [-0.15, -0.1) is 0 Å². The van der Waals surface area contributed by atoms with Crippen LogP contribution in [-0.4, -0.2) is 41.7 Å². The van der Waals surface area contributed by atoms with E-state index in [4.69, 9.17) is 4.74 Å². The molecule has 134 valence electrons. The number of rotatable bonds is 4. The molecule has 2 heterocycles. The van der Waals surface area contributed by atoms with E-state index in [-0.39, 0.29) is 6.09 Å². The van der Waals surface area contributed by atoms with Gasteiger partial charge < -0.3 is 4.74 Å². The molecule has 5 nitrogen and oxygen atoms in total. The van der Waals surface area contributed by atoms with Crippen LogP contribution in [0.2, 0.25) is 0 Å². The number of carbonyl (C=O) groups is 1. The minimum atomic E-state index is -0.517. The first kappa shape index (κ1) is 18.7. The van der Waals surface area contributed by atoms with Gasteiger partial charge in [-0.1, -0.05) is 19.9 Å². The first-order valence-electron chi connectivity index (χ1n) is 8.84. The van der Waals surface area contributed by atoms with Gasteiger partial charge in [-0.3, -0.25) is 9.80 Å². The molecule has 0 spiro atoms. The Kier molecular flexibility index (Phi) is 5.86. The fourth-order valence-corrected chi connectivity index (χ4v) is 3.23. The third-order valence-electron chi connectivity index (χ3n) is 4.12. The van der Waals surface area contributed by atoms with Crippen LogP contribution in [0.5, 0.6) is 0 Å². The molecule has 0 radical (unpaired) electrons. The second kappa shape index (κ2) is 7.51. The van der Waals surface area contributed by atoms with E-state index < -0.39 is 5.60 Å². The third-order valence-corrected chi connectivity index (χ3v) is 4.12. The van der Waals surface area contributed by atoms with Crippen LogP contribution in [-0.2, 0) is 4.74 Å². The van der Waals surface area contributed by atoms with Crippen molar-refractivity contribution >= 4 is 11.9 Å². The Morgan fingerprint density at radius 1 is 1.46 bits per heavy atom. The topological polar surface area (TPSA) is 45.7 Å². The highest BCUT2D eigenvalue weighted by Crippen LogP contribution is 2.36. The molecule has 1 aromatic rings. The number of hydrogen-bond donors (Lipinski definition) is 0. The van der Waals surface area contributed by atoms with Gasteiger partial charge in [0, 0.05) is 31.4 Å². The molecule has 1 amide bonds. The Labute approximate surface area is 146 Å². The summed E-state index contributed by atoms with van der Waals surface area (Å²) in [6, 6.07) is 4.36. The predicted octanol–water partition coefficient (Wildman–Crippen LogP) is 4.25. The standard InChI is InChI=1S/C19H31N3O2/c1-14(2)13-22-12-8-10-16(22)15-9-7-11-20-17(15)21(6)18(23)24-19(3,4)5/h7,9,11,14,16H,8,10,12-13H2,1-6H3/t16-/m0/s1. The Balaban J connectivity index is 2.25. The second-order valence-electron chi connectivity index (χ2n) is 8.00. The van der Waals surface area contributed by atoms with Gasteiger partial charge in [0.2, 0.25) is 0 Å². The molecule has 1 aliphatic heterocycles. The van der Waals surface area contributed by atoms with Gasteiger partial charge in [0.15, 0.2) is 0 Å². The zero-order valence-corrected chi connectivity index (χ0v) is 15.9. The van der Waals surface area contributed by atoms with Gasteiger partial charge in [-0.05, 0) is 52.1 Å². The molecule has 0 aromatic carbocycles. The van der Waals surface area contributed by atoms with Crippen LogP contribution in [0.3, 0.4) is 0 Å². The van der Waals surface area contributed by atoms with Crippen LogP contribution in [0.25, 0.3) is 0 Å². The van der Waals surface area contributed by atoms with E-state index in [1.807, 2.05) is 26.8 Å². The molecular formula is C19H31N3O2. The molecule has 1 aliphatic rings. The smallest absolute Gasteiger partial charge is 0.415 e. The lowest BCUT2D eigenvalue weighted by atomic mass is 10.0. The van der Waals surface area contributed by atoms with Crippen molar-refractivity contribution in [2.45, 2.75) is 59.1 Å². The van der Waals surface area contributed by atoms with Gasteiger partial charge in [-0.2, -0.15) is 0 Å². The van der Waals surface area contributed by atoms with Gasteiger partial charge in [0.1, 0.15) is 11.4 Å². The van der Waals surface area contributed by atoms with Crippen LogP contribution in [0.15, 0.2) is 18.3 Å². The summed E-state index contributed by atoms with van der Waals surface area (Å²) < 4.78 is 5.50. The minimum absolute atomic E-state index is 0.320. The molecule has 1 atom stereocenters. The summed E-state index contributed by atoms with van der Waals surface area (Å²) >= 11 is 0. The minimum Gasteiger partial charge on any atom is -0.443 e. The number of hydrogen-bond acceptors (Lipinski definition) is 4. The molecule has 0 N–H and O–H groups in total. The number of amides is 1. The quantitative estimate of drug-likeness (QED) is 0.826. The van der Waals surface area contributed by atoms with Crippen molar-refractivity contribution in [1.82, 2.24) is 9.88 Å². The lowest BCUT2D eigenvalue weighted by Gasteiger charge is -2.30. The maximum absolute atomic E-state index is 12.4. The average Bonchev–Trinajstić information content (AvgIpc) is 2.91. The summed E-state index contributed by atoms with van der Waals surface area (Å²) in [6.45, 7) is 12.3. The van der Waals surface area contributed by atoms with Crippen molar-refractivity contribution in [3.05, 3.63) is 23.9 Å². The maximum Gasteiger partial charge on any atom is 0.415 e. The van der Waals surface area contributed by atoms with Crippen LogP contribution in [0.1, 0.15) is 59.1 Å². The maximum atomic E-state index is 12.4. The molecule has 5 heteroatoms. The molecule has 0 bridgehead atoms. The summed E-state index contributed by atoms with van der Waals surface area (Å²) in [5, 5.41) is 0. The third kappa shape index (κ3) is 4.69. The normalized spacial score (nSPS) is 18.9. The van der Waals surface area contributed by atoms with Crippen LogP contribution in [0, 0.1) is 5.92 Å². The molecule has 0 unspecified atom stereocenters. The fourth-order valence-electron chi connectivity index (χ4n) is 3.23. The van der Waals surface area contributed by atoms with Crippen molar-refractivity contribution in [3.63, 3.8) is 0 Å². The van der Waals surface area contributed by atoms with E-state index in [1.54, 1.807) is 13.2 Å². The molecule has 0 saturated carbocycles. The van der Waals surface area contributed by atoms with Crippen molar-refractivity contribution in [2.24, 2.45) is 5.92 Å². The number of aromatic nitrogens is 1. The Bertz CT molecular complexity index is 566. The van der Waals surface area contributed by atoms with Crippen molar-refractivity contribution in [1.29, 1.82) is 0 Å². The van der Waals surface area contributed by atoms with Crippen molar-refractivity contribution < 1.29 is 9.53 Å². The molecule has 1 saturated heterocycles. The number of likely N-dealkylation sites (tertiary alicyclic amines) is 1. The second-order valence-corrected chi connectivity index (χ2v) is 8.00. The highest BCUT2D eigenvalue weighted by Gasteiger charge is 2.31. The first-order valence-corrected chi connectivity index (χ1v) is 8.84. The number of pyridine rings is 1. The number of ether oxygens (including phenoxy) is 1. The first-order chi connectivity index (χ1) is 11.2. The highest BCUT2D eigenvalue weighted by molar-refractivity contribution is 5.87. The Morgan fingerprint density at radius 3 is 2.79 bits per heavy atom. The predicted molar refractivity (Wildman–Crippen MR) is 97.3 cm³/mol. The lowest BCUT2D eigenvalue weighted by Crippen LogP contribution is -2.36. The average molecular weight is 333 g/mol. The zero-order valence-electron chi connectivity index (χ0n) is 15.9. The van der Waals surface area contributed by atoms with Gasteiger partial charge in [-0.25, -0.2) is 9.78 Å².